The van der Waals surface area contributed by atoms with Crippen LogP contribution in [0.15, 0.2) is 6.08 Å². The molecule has 0 aliphatic carbocycles. The van der Waals surface area contributed by atoms with Gasteiger partial charge in [-0.15, -0.1) is 0 Å². The van der Waals surface area contributed by atoms with E-state index in [2.05, 4.69) is 20.8 Å². The minimum atomic E-state index is -3.29. The van der Waals surface area contributed by atoms with Crippen LogP contribution in [0.4, 0.5) is 22.0 Å². The van der Waals surface area contributed by atoms with Gasteiger partial charge in [-0.3, -0.25) is 0 Å². The molecule has 1 rings (SSSR count). The molecule has 0 aromatic heterocycles. The van der Waals surface area contributed by atoms with E-state index in [1.54, 1.807) is 0 Å². The fraction of sp³-hybridized carbons (Fsp3) is 0.571. The van der Waals surface area contributed by atoms with Crippen molar-refractivity contribution in [1.29, 1.82) is 0 Å². The molecule has 0 heterocycles. The van der Waals surface area contributed by atoms with Gasteiger partial charge in [0.2, 0.25) is 0 Å². The number of rotatable bonds is 12. The van der Waals surface area contributed by atoms with Gasteiger partial charge in [0.15, 0.2) is 0 Å². The first-order valence-corrected chi connectivity index (χ1v) is 17.4. The van der Waals surface area contributed by atoms with Crippen molar-refractivity contribution in [1.82, 2.24) is 0 Å². The second-order valence-corrected chi connectivity index (χ2v) is 18.8. The van der Waals surface area contributed by atoms with Gasteiger partial charge in [-0.05, 0) is 0 Å². The zero-order valence-electron chi connectivity index (χ0n) is 17.2. The summed E-state index contributed by atoms with van der Waals surface area (Å²) >= 11 is -3.29. The van der Waals surface area contributed by atoms with Gasteiger partial charge < -0.3 is 0 Å². The normalized spacial score (nSPS) is 12.0. The summed E-state index contributed by atoms with van der Waals surface area (Å²) in [5.74, 6) is -11.0. The molecule has 8 heteroatoms. The molecule has 0 unspecified atom stereocenters. The van der Waals surface area contributed by atoms with Gasteiger partial charge in [-0.25, -0.2) is 0 Å². The summed E-state index contributed by atoms with van der Waals surface area (Å²) in [6.07, 6.45) is 7.11. The predicted octanol–water partition coefficient (Wildman–Crippen LogP) is 7.28. The Balaban J connectivity index is 3.11. The number of hydrogen-bond donors (Lipinski definition) is 0. The van der Waals surface area contributed by atoms with Crippen molar-refractivity contribution in [2.24, 2.45) is 0 Å². The predicted molar refractivity (Wildman–Crippen MR) is 106 cm³/mol. The Kier molecular flexibility index (Phi) is 11.2. The summed E-state index contributed by atoms with van der Waals surface area (Å²) in [4.78, 5) is 12.4. The molecule has 0 aliphatic rings. The first kappa shape index (κ1) is 25.9. The van der Waals surface area contributed by atoms with Gasteiger partial charge in [0.05, 0.1) is 0 Å². The monoisotopic (exact) mass is 528 g/mol. The molecule has 0 radical (unpaired) electrons. The molecule has 0 bridgehead atoms. The fourth-order valence-electron chi connectivity index (χ4n) is 3.19. The third kappa shape index (κ3) is 7.26. The van der Waals surface area contributed by atoms with Crippen molar-refractivity contribution in [2.45, 2.75) is 72.6 Å². The molecule has 0 saturated heterocycles. The summed E-state index contributed by atoms with van der Waals surface area (Å²) in [5.41, 5.74) is -1.14. The molecule has 1 aromatic carbocycles. The van der Waals surface area contributed by atoms with E-state index in [-0.39, 0.29) is 0 Å². The topological polar surface area (TPSA) is 26.3 Å². The molecular formula is C21H29F5O2Sn. The van der Waals surface area contributed by atoms with Crippen LogP contribution in [0, 0.1) is 29.1 Å². The summed E-state index contributed by atoms with van der Waals surface area (Å²) in [6.45, 7) is 6.17. The molecule has 0 amide bonds. The van der Waals surface area contributed by atoms with Crippen molar-refractivity contribution < 1.29 is 29.8 Å². The Morgan fingerprint density at radius 3 is 1.52 bits per heavy atom. The van der Waals surface area contributed by atoms with Gasteiger partial charge in [0.25, 0.3) is 0 Å². The molecule has 29 heavy (non-hydrogen) atoms. The number of carbonyl (C=O) groups excluding carboxylic acids is 1. The van der Waals surface area contributed by atoms with Crippen LogP contribution in [0.1, 0.15) is 64.9 Å². The number of benzene rings is 1. The van der Waals surface area contributed by atoms with Crippen LogP contribution in [0.3, 0.4) is 0 Å². The Bertz CT molecular complexity index is 671. The quantitative estimate of drug-likeness (QED) is 0.0939. The van der Waals surface area contributed by atoms with E-state index in [0.29, 0.717) is 6.08 Å². The zero-order chi connectivity index (χ0) is 22.0. The molecule has 2 nitrogen and oxygen atoms in total. The van der Waals surface area contributed by atoms with Crippen LogP contribution in [-0.2, 0) is 7.87 Å². The first-order valence-electron chi connectivity index (χ1n) is 10.1. The van der Waals surface area contributed by atoms with Crippen LogP contribution >= 0.6 is 0 Å². The molecule has 0 saturated carbocycles. The van der Waals surface area contributed by atoms with E-state index in [1.807, 2.05) is 0 Å². The molecule has 0 atom stereocenters. The summed E-state index contributed by atoms with van der Waals surface area (Å²) in [6, 6.07) is 0. The van der Waals surface area contributed by atoms with Crippen LogP contribution in [-0.4, -0.2) is 24.8 Å². The number of carbonyl (C=O) groups is 1. The standard InChI is InChI=1S/C9H3F5O2.3C4H9.Sn/c10-5-3(1-2-4(15)16)6(11)8(13)9(14)7(5)12;3*1-3-4-2;/h1-2H,(H,15,16);3*1,3-4H2,2H3;/q;;;;+1/p-1/b2-1+;;;;. The van der Waals surface area contributed by atoms with Gasteiger partial charge >= 0.3 is 174 Å². The second-order valence-electron chi connectivity index (χ2n) is 7.23. The van der Waals surface area contributed by atoms with Crippen LogP contribution < -0.4 is 0 Å². The minimum absolute atomic E-state index is 0.606. The average molecular weight is 527 g/mol. The molecular weight excluding hydrogens is 498 g/mol. The van der Waals surface area contributed by atoms with Gasteiger partial charge in [0.1, 0.15) is 0 Å². The Morgan fingerprint density at radius 2 is 1.14 bits per heavy atom. The first-order chi connectivity index (χ1) is 13.7. The van der Waals surface area contributed by atoms with E-state index < -0.39 is 59.4 Å². The van der Waals surface area contributed by atoms with Crippen molar-refractivity contribution in [3.63, 3.8) is 0 Å². The fourth-order valence-corrected chi connectivity index (χ4v) is 16.2. The van der Waals surface area contributed by atoms with Gasteiger partial charge in [-0.1, -0.05) is 0 Å². The summed E-state index contributed by atoms with van der Waals surface area (Å²) in [7, 11) is 0. The van der Waals surface area contributed by atoms with E-state index >= 15 is 0 Å². The van der Waals surface area contributed by atoms with E-state index in [4.69, 9.17) is 3.07 Å². The third-order valence-corrected chi connectivity index (χ3v) is 17.5. The van der Waals surface area contributed by atoms with Crippen LogP contribution in [0.25, 0.3) is 6.08 Å². The maximum absolute atomic E-state index is 13.8. The van der Waals surface area contributed by atoms with Crippen molar-refractivity contribution in [3.05, 3.63) is 40.7 Å². The zero-order valence-corrected chi connectivity index (χ0v) is 20.1. The molecule has 0 fully saturated rings. The van der Waals surface area contributed by atoms with Crippen LogP contribution in [0.5, 0.6) is 0 Å². The van der Waals surface area contributed by atoms with Gasteiger partial charge in [0, 0.05) is 0 Å². The Morgan fingerprint density at radius 1 is 0.759 bits per heavy atom. The average Bonchev–Trinajstić information content (AvgIpc) is 2.71. The molecule has 164 valence electrons. The molecule has 0 N–H and O–H groups in total. The molecule has 0 aliphatic heterocycles. The van der Waals surface area contributed by atoms with Crippen molar-refractivity contribution in [2.75, 3.05) is 0 Å². The van der Waals surface area contributed by atoms with Crippen LogP contribution in [0.2, 0.25) is 13.3 Å². The molecule has 0 spiro atoms. The second kappa shape index (κ2) is 12.5. The van der Waals surface area contributed by atoms with E-state index in [0.717, 1.165) is 57.9 Å². The Hall–Kier alpha value is -1.12. The van der Waals surface area contributed by atoms with Crippen molar-refractivity contribution in [3.8, 4) is 0 Å². The number of hydrogen-bond acceptors (Lipinski definition) is 2. The maximum atomic E-state index is 13.8. The third-order valence-electron chi connectivity index (χ3n) is 4.90. The number of halogens is 5. The van der Waals surface area contributed by atoms with Gasteiger partial charge in [-0.2, -0.15) is 0 Å². The number of unbranched alkanes of at least 4 members (excludes halogenated alkanes) is 3. The Labute approximate surface area is 173 Å². The summed E-state index contributed by atoms with van der Waals surface area (Å²) < 4.78 is 75.8. The molecule has 1 aromatic rings. The summed E-state index contributed by atoms with van der Waals surface area (Å²) in [5, 5.41) is 0. The van der Waals surface area contributed by atoms with E-state index in [9.17, 15) is 26.7 Å². The SMILES string of the molecule is CCC[CH2][Sn]([CH2]CCC)([CH2]CCC)[O]C(=O)/C=C/c1c(F)c(F)c(F)c(F)c1F. The van der Waals surface area contributed by atoms with Crippen molar-refractivity contribution >= 4 is 30.8 Å². The van der Waals surface area contributed by atoms with E-state index in [1.165, 1.54) is 0 Å².